The van der Waals surface area contributed by atoms with E-state index < -0.39 is 0 Å². The Labute approximate surface area is 56.3 Å². The molecule has 9 heavy (non-hydrogen) atoms. The number of carbonyl (C=O) groups is 1. The second kappa shape index (κ2) is 2.72. The number of oxime groups is 1. The van der Waals surface area contributed by atoms with E-state index in [0.29, 0.717) is 6.54 Å². The first-order chi connectivity index (χ1) is 4.34. The van der Waals surface area contributed by atoms with Gasteiger partial charge in [-0.1, -0.05) is 16.9 Å². The molecule has 1 rings (SSSR count). The summed E-state index contributed by atoms with van der Waals surface area (Å²) in [4.78, 5) is 10.6. The number of amidine groups is 1. The Balaban J connectivity index is 2.60. The van der Waals surface area contributed by atoms with Crippen LogP contribution in [0.5, 0.6) is 0 Å². The summed E-state index contributed by atoms with van der Waals surface area (Å²) in [6.45, 7) is 0.690. The number of hydrogen-bond acceptors (Lipinski definition) is 4. The lowest BCUT2D eigenvalue weighted by molar-refractivity contribution is -0.106. The third-order valence-corrected chi connectivity index (χ3v) is 1.78. The second-order valence-corrected chi connectivity index (χ2v) is 2.58. The van der Waals surface area contributed by atoms with Crippen LogP contribution in [-0.4, -0.2) is 28.5 Å². The van der Waals surface area contributed by atoms with Crippen LogP contribution in [0.15, 0.2) is 5.16 Å². The van der Waals surface area contributed by atoms with Gasteiger partial charge < -0.3 is 10.5 Å². The van der Waals surface area contributed by atoms with E-state index in [2.05, 4.69) is 10.5 Å². The Morgan fingerprint density at radius 1 is 1.78 bits per heavy atom. The molecule has 1 heterocycles. The molecular formula is C4H6N2O2S. The van der Waals surface area contributed by atoms with E-state index >= 15 is 0 Å². The van der Waals surface area contributed by atoms with E-state index in [1.54, 1.807) is 0 Å². The largest absolute Gasteiger partial charge is 0.409 e. The molecule has 5 heteroatoms. The van der Waals surface area contributed by atoms with Crippen molar-refractivity contribution in [3.8, 4) is 0 Å². The Morgan fingerprint density at radius 2 is 2.56 bits per heavy atom. The average Bonchev–Trinajstić information content (AvgIpc) is 1.89. The zero-order valence-corrected chi connectivity index (χ0v) is 5.44. The quantitative estimate of drug-likeness (QED) is 0.362. The highest BCUT2D eigenvalue weighted by molar-refractivity contribution is 8.15. The summed E-state index contributed by atoms with van der Waals surface area (Å²) in [6.07, 6.45) is 0. The zero-order chi connectivity index (χ0) is 6.69. The van der Waals surface area contributed by atoms with Crippen LogP contribution < -0.4 is 5.32 Å². The van der Waals surface area contributed by atoms with Gasteiger partial charge in [0.15, 0.2) is 0 Å². The van der Waals surface area contributed by atoms with Crippen molar-refractivity contribution in [2.24, 2.45) is 5.16 Å². The van der Waals surface area contributed by atoms with Crippen molar-refractivity contribution in [3.63, 3.8) is 0 Å². The standard InChI is InChI=1S/C4H6N2O2S/c7-4-3(6-8)5-1-2-9-4/h8H,1-2H2,(H,5,6). The third-order valence-electron chi connectivity index (χ3n) is 0.921. The van der Waals surface area contributed by atoms with Crippen LogP contribution >= 0.6 is 11.8 Å². The van der Waals surface area contributed by atoms with E-state index in [0.717, 1.165) is 17.5 Å². The maximum atomic E-state index is 10.6. The fraction of sp³-hybridized carbons (Fsp3) is 0.500. The van der Waals surface area contributed by atoms with E-state index in [1.165, 1.54) is 0 Å². The van der Waals surface area contributed by atoms with Crippen molar-refractivity contribution in [3.05, 3.63) is 0 Å². The smallest absolute Gasteiger partial charge is 0.257 e. The predicted molar refractivity (Wildman–Crippen MR) is 34.7 cm³/mol. The van der Waals surface area contributed by atoms with Crippen LogP contribution in [0.25, 0.3) is 0 Å². The fourth-order valence-corrected chi connectivity index (χ4v) is 1.17. The summed E-state index contributed by atoms with van der Waals surface area (Å²) in [5.74, 6) is 0.809. The van der Waals surface area contributed by atoms with Gasteiger partial charge in [0.05, 0.1) is 0 Å². The average molecular weight is 146 g/mol. The zero-order valence-electron chi connectivity index (χ0n) is 4.63. The molecule has 2 N–H and O–H groups in total. The maximum absolute atomic E-state index is 10.6. The highest BCUT2D eigenvalue weighted by atomic mass is 32.2. The molecule has 0 radical (unpaired) electrons. The van der Waals surface area contributed by atoms with Gasteiger partial charge in [-0.2, -0.15) is 0 Å². The Bertz CT molecular complexity index is 157. The van der Waals surface area contributed by atoms with Gasteiger partial charge in [0.1, 0.15) is 0 Å². The summed E-state index contributed by atoms with van der Waals surface area (Å²) < 4.78 is 0. The predicted octanol–water partition coefficient (Wildman–Crippen LogP) is -0.363. The first-order valence-corrected chi connectivity index (χ1v) is 3.46. The van der Waals surface area contributed by atoms with Crippen molar-refractivity contribution in [2.45, 2.75) is 0 Å². The molecule has 1 fully saturated rings. The van der Waals surface area contributed by atoms with Crippen LogP contribution in [-0.2, 0) is 4.79 Å². The lowest BCUT2D eigenvalue weighted by Crippen LogP contribution is -2.36. The molecule has 0 aromatic carbocycles. The number of thioether (sulfide) groups is 1. The van der Waals surface area contributed by atoms with Crippen molar-refractivity contribution in [1.29, 1.82) is 0 Å². The minimum absolute atomic E-state index is 0.0613. The molecule has 1 saturated heterocycles. The third kappa shape index (κ3) is 1.35. The first-order valence-electron chi connectivity index (χ1n) is 2.47. The van der Waals surface area contributed by atoms with Gasteiger partial charge in [0, 0.05) is 12.3 Å². The molecule has 0 saturated carbocycles. The number of nitrogens with zero attached hydrogens (tertiary/aromatic N) is 1. The van der Waals surface area contributed by atoms with Gasteiger partial charge in [-0.05, 0) is 0 Å². The summed E-state index contributed by atoms with van der Waals surface area (Å²) >= 11 is 1.16. The second-order valence-electron chi connectivity index (χ2n) is 1.51. The molecule has 0 aromatic rings. The Morgan fingerprint density at radius 3 is 3.00 bits per heavy atom. The Kier molecular flexibility index (Phi) is 1.94. The van der Waals surface area contributed by atoms with Crippen molar-refractivity contribution >= 4 is 22.7 Å². The summed E-state index contributed by atoms with van der Waals surface area (Å²) in [5.41, 5.74) is 0. The highest BCUT2D eigenvalue weighted by Crippen LogP contribution is 2.05. The summed E-state index contributed by atoms with van der Waals surface area (Å²) in [5, 5.41) is 13.4. The van der Waals surface area contributed by atoms with Gasteiger partial charge in [0.2, 0.25) is 5.84 Å². The lowest BCUT2D eigenvalue weighted by atomic mass is 10.6. The van der Waals surface area contributed by atoms with Gasteiger partial charge in [-0.25, -0.2) is 0 Å². The monoisotopic (exact) mass is 146 g/mol. The number of nitrogens with one attached hydrogen (secondary N) is 1. The number of carbonyl (C=O) groups excluding carboxylic acids is 1. The van der Waals surface area contributed by atoms with Crippen molar-refractivity contribution in [1.82, 2.24) is 5.32 Å². The molecule has 0 amide bonds. The van der Waals surface area contributed by atoms with Crippen LogP contribution in [0.1, 0.15) is 0 Å². The first kappa shape index (κ1) is 6.41. The molecular weight excluding hydrogens is 140 g/mol. The van der Waals surface area contributed by atoms with E-state index in [1.807, 2.05) is 0 Å². The van der Waals surface area contributed by atoms with Gasteiger partial charge in [0.25, 0.3) is 5.12 Å². The minimum atomic E-state index is -0.191. The Hall–Kier alpha value is -0.710. The molecule has 4 nitrogen and oxygen atoms in total. The van der Waals surface area contributed by atoms with Crippen LogP contribution in [0.2, 0.25) is 0 Å². The lowest BCUT2D eigenvalue weighted by Gasteiger charge is -2.10. The minimum Gasteiger partial charge on any atom is -0.409 e. The molecule has 50 valence electrons. The molecule has 0 unspecified atom stereocenters. The van der Waals surface area contributed by atoms with Crippen molar-refractivity contribution < 1.29 is 10.0 Å². The molecule has 1 aliphatic rings. The fourth-order valence-electron chi connectivity index (χ4n) is 0.530. The van der Waals surface area contributed by atoms with E-state index in [4.69, 9.17) is 5.21 Å². The van der Waals surface area contributed by atoms with Crippen LogP contribution in [0.4, 0.5) is 0 Å². The summed E-state index contributed by atoms with van der Waals surface area (Å²) in [7, 11) is 0. The highest BCUT2D eigenvalue weighted by Gasteiger charge is 2.16. The number of hydrogen-bond donors (Lipinski definition) is 2. The topological polar surface area (TPSA) is 61.7 Å². The van der Waals surface area contributed by atoms with Crippen LogP contribution in [0.3, 0.4) is 0 Å². The normalized spacial score (nSPS) is 24.0. The van der Waals surface area contributed by atoms with Gasteiger partial charge >= 0.3 is 0 Å². The SMILES string of the molecule is O=C1SCCNC1=NO. The molecule has 0 aliphatic carbocycles. The van der Waals surface area contributed by atoms with Crippen molar-refractivity contribution in [2.75, 3.05) is 12.3 Å². The molecule has 0 bridgehead atoms. The van der Waals surface area contributed by atoms with Gasteiger partial charge in [-0.15, -0.1) is 0 Å². The summed E-state index contributed by atoms with van der Waals surface area (Å²) in [6, 6.07) is 0. The maximum Gasteiger partial charge on any atom is 0.257 e. The molecule has 0 spiro atoms. The molecule has 0 aromatic heterocycles. The van der Waals surface area contributed by atoms with E-state index in [-0.39, 0.29) is 11.0 Å². The van der Waals surface area contributed by atoms with E-state index in [9.17, 15) is 4.79 Å². The number of rotatable bonds is 0. The van der Waals surface area contributed by atoms with Gasteiger partial charge in [-0.3, -0.25) is 4.79 Å². The van der Waals surface area contributed by atoms with Crippen LogP contribution in [0, 0.1) is 0 Å². The molecule has 1 aliphatic heterocycles. The molecule has 0 atom stereocenters.